The highest BCUT2D eigenvalue weighted by Gasteiger charge is 2.21. The first-order chi connectivity index (χ1) is 7.27. The molecule has 1 heterocycles. The van der Waals surface area contributed by atoms with Gasteiger partial charge in [-0.1, -0.05) is 12.1 Å². The van der Waals surface area contributed by atoms with Gasteiger partial charge in [0, 0.05) is 17.2 Å². The van der Waals surface area contributed by atoms with Crippen LogP contribution < -0.4 is 11.1 Å². The zero-order valence-corrected chi connectivity index (χ0v) is 9.93. The van der Waals surface area contributed by atoms with Crippen LogP contribution in [0.5, 0.6) is 0 Å². The zero-order valence-electron chi connectivity index (χ0n) is 9.11. The number of carbonyl (C=O) groups is 1. The van der Waals surface area contributed by atoms with Crippen LogP contribution in [0.4, 0.5) is 5.69 Å². The molecule has 0 aromatic heterocycles. The van der Waals surface area contributed by atoms with Crippen molar-refractivity contribution in [1.82, 2.24) is 5.32 Å². The Balaban J connectivity index is 0.00000128. The monoisotopic (exact) mass is 240 g/mol. The number of carbonyl (C=O) groups excluding carboxylic acids is 1. The molecule has 88 valence electrons. The first-order valence-electron chi connectivity index (χ1n) is 5.38. The average molecular weight is 241 g/mol. The maximum absolute atomic E-state index is 12.1. The minimum atomic E-state index is 0. The fourth-order valence-corrected chi connectivity index (χ4v) is 2.01. The van der Waals surface area contributed by atoms with Crippen molar-refractivity contribution in [2.24, 2.45) is 5.92 Å². The summed E-state index contributed by atoms with van der Waals surface area (Å²) >= 11 is 0. The first-order valence-corrected chi connectivity index (χ1v) is 5.38. The predicted molar refractivity (Wildman–Crippen MR) is 68.0 cm³/mol. The van der Waals surface area contributed by atoms with E-state index in [1.165, 1.54) is 0 Å². The second-order valence-corrected chi connectivity index (χ2v) is 4.01. The topological polar surface area (TPSA) is 55.1 Å². The highest BCUT2D eigenvalue weighted by Crippen LogP contribution is 2.19. The van der Waals surface area contributed by atoms with Gasteiger partial charge in [0.15, 0.2) is 5.78 Å². The van der Waals surface area contributed by atoms with E-state index in [9.17, 15) is 4.79 Å². The second kappa shape index (κ2) is 5.87. The van der Waals surface area contributed by atoms with Crippen LogP contribution in [0.15, 0.2) is 24.3 Å². The van der Waals surface area contributed by atoms with Crippen LogP contribution in [0.2, 0.25) is 0 Å². The van der Waals surface area contributed by atoms with E-state index in [2.05, 4.69) is 5.32 Å². The minimum absolute atomic E-state index is 0. The van der Waals surface area contributed by atoms with Crippen molar-refractivity contribution in [1.29, 1.82) is 0 Å². The Morgan fingerprint density at radius 2 is 2.00 bits per heavy atom. The summed E-state index contributed by atoms with van der Waals surface area (Å²) in [7, 11) is 0. The molecule has 3 nitrogen and oxygen atoms in total. The van der Waals surface area contributed by atoms with Gasteiger partial charge < -0.3 is 11.1 Å². The number of piperidine rings is 1. The van der Waals surface area contributed by atoms with Crippen molar-refractivity contribution in [3.63, 3.8) is 0 Å². The molecule has 4 heteroatoms. The van der Waals surface area contributed by atoms with Gasteiger partial charge in [0.05, 0.1) is 0 Å². The van der Waals surface area contributed by atoms with Gasteiger partial charge in [-0.25, -0.2) is 0 Å². The number of Topliss-reactive ketones (excluding diaryl/α,β-unsaturated/α-hetero) is 1. The summed E-state index contributed by atoms with van der Waals surface area (Å²) in [4.78, 5) is 12.1. The lowest BCUT2D eigenvalue weighted by Crippen LogP contribution is -2.31. The molecule has 1 aliphatic heterocycles. The van der Waals surface area contributed by atoms with E-state index in [-0.39, 0.29) is 24.1 Å². The number of halogens is 1. The number of nitrogen functional groups attached to an aromatic ring is 1. The molecule has 0 unspecified atom stereocenters. The quantitative estimate of drug-likeness (QED) is 0.613. The minimum Gasteiger partial charge on any atom is -0.399 e. The highest BCUT2D eigenvalue weighted by atomic mass is 35.5. The summed E-state index contributed by atoms with van der Waals surface area (Å²) in [5, 5.41) is 3.26. The van der Waals surface area contributed by atoms with Gasteiger partial charge in [-0.3, -0.25) is 4.79 Å². The molecule has 16 heavy (non-hydrogen) atoms. The van der Waals surface area contributed by atoms with E-state index in [0.29, 0.717) is 5.69 Å². The van der Waals surface area contributed by atoms with Gasteiger partial charge in [-0.15, -0.1) is 12.4 Å². The molecular weight excluding hydrogens is 224 g/mol. The summed E-state index contributed by atoms with van der Waals surface area (Å²) in [5.74, 6) is 0.414. The summed E-state index contributed by atoms with van der Waals surface area (Å²) in [5.41, 5.74) is 7.07. The molecule has 1 aromatic rings. The maximum Gasteiger partial charge on any atom is 0.166 e. The number of hydrogen-bond donors (Lipinski definition) is 2. The zero-order chi connectivity index (χ0) is 10.7. The van der Waals surface area contributed by atoms with E-state index >= 15 is 0 Å². The van der Waals surface area contributed by atoms with E-state index in [1.54, 1.807) is 12.1 Å². The number of anilines is 1. The molecular formula is C12H17ClN2O. The lowest BCUT2D eigenvalue weighted by atomic mass is 9.89. The summed E-state index contributed by atoms with van der Waals surface area (Å²) in [6.45, 7) is 1.89. The van der Waals surface area contributed by atoms with Crippen LogP contribution in [-0.4, -0.2) is 18.9 Å². The second-order valence-electron chi connectivity index (χ2n) is 4.01. The lowest BCUT2D eigenvalue weighted by molar-refractivity contribution is 0.0895. The predicted octanol–water partition coefficient (Wildman–Crippen LogP) is 1.87. The van der Waals surface area contributed by atoms with Crippen LogP contribution in [-0.2, 0) is 0 Å². The van der Waals surface area contributed by atoms with E-state index in [4.69, 9.17) is 5.73 Å². The number of rotatable bonds is 2. The number of nitrogens with two attached hydrogens (primary N) is 1. The molecule has 0 bridgehead atoms. The highest BCUT2D eigenvalue weighted by molar-refractivity contribution is 5.98. The Hall–Kier alpha value is -1.06. The van der Waals surface area contributed by atoms with Crippen LogP contribution in [0.3, 0.4) is 0 Å². The Kier molecular flexibility index (Phi) is 4.77. The normalized spacial score (nSPS) is 16.5. The molecule has 0 aliphatic carbocycles. The van der Waals surface area contributed by atoms with Crippen LogP contribution >= 0.6 is 12.4 Å². The van der Waals surface area contributed by atoms with E-state index in [0.717, 1.165) is 31.5 Å². The number of hydrogen-bond acceptors (Lipinski definition) is 3. The Morgan fingerprint density at radius 3 is 2.62 bits per heavy atom. The molecule has 2 rings (SSSR count). The van der Waals surface area contributed by atoms with Gasteiger partial charge in [0.1, 0.15) is 0 Å². The Bertz CT molecular complexity index is 362. The van der Waals surface area contributed by atoms with Gasteiger partial charge in [0.25, 0.3) is 0 Å². The van der Waals surface area contributed by atoms with Crippen molar-refractivity contribution in [3.05, 3.63) is 29.8 Å². The third-order valence-corrected chi connectivity index (χ3v) is 2.88. The fourth-order valence-electron chi connectivity index (χ4n) is 2.01. The molecule has 0 amide bonds. The molecule has 0 spiro atoms. The van der Waals surface area contributed by atoms with E-state index < -0.39 is 0 Å². The van der Waals surface area contributed by atoms with Gasteiger partial charge in [-0.05, 0) is 38.1 Å². The molecule has 1 aliphatic rings. The third kappa shape index (κ3) is 2.97. The third-order valence-electron chi connectivity index (χ3n) is 2.88. The van der Waals surface area contributed by atoms with Crippen molar-refractivity contribution < 1.29 is 4.79 Å². The first kappa shape index (κ1) is 13.0. The molecule has 0 saturated carbocycles. The largest absolute Gasteiger partial charge is 0.399 e. The SMILES string of the molecule is Cl.Nc1cccc(C(=O)C2CCNCC2)c1. The lowest BCUT2D eigenvalue weighted by Gasteiger charge is -2.21. The van der Waals surface area contributed by atoms with Gasteiger partial charge in [-0.2, -0.15) is 0 Å². The van der Waals surface area contributed by atoms with Crippen molar-refractivity contribution in [2.75, 3.05) is 18.8 Å². The molecule has 0 atom stereocenters. The summed E-state index contributed by atoms with van der Waals surface area (Å²) in [6, 6.07) is 7.26. The molecule has 1 fully saturated rings. The molecule has 1 aromatic carbocycles. The smallest absolute Gasteiger partial charge is 0.166 e. The van der Waals surface area contributed by atoms with Crippen LogP contribution in [0, 0.1) is 5.92 Å². The standard InChI is InChI=1S/C12H16N2O.ClH/c13-11-3-1-2-10(8-11)12(15)9-4-6-14-7-5-9;/h1-3,8-9,14H,4-7,13H2;1H. The Morgan fingerprint density at radius 1 is 1.31 bits per heavy atom. The average Bonchev–Trinajstić information content (AvgIpc) is 2.29. The number of ketones is 1. The van der Waals surface area contributed by atoms with Crippen LogP contribution in [0.1, 0.15) is 23.2 Å². The number of benzene rings is 1. The van der Waals surface area contributed by atoms with Crippen molar-refractivity contribution >= 4 is 23.9 Å². The van der Waals surface area contributed by atoms with Gasteiger partial charge in [0.2, 0.25) is 0 Å². The van der Waals surface area contributed by atoms with E-state index in [1.807, 2.05) is 12.1 Å². The van der Waals surface area contributed by atoms with Crippen molar-refractivity contribution in [2.45, 2.75) is 12.8 Å². The Labute approximate surface area is 102 Å². The van der Waals surface area contributed by atoms with Gasteiger partial charge >= 0.3 is 0 Å². The van der Waals surface area contributed by atoms with Crippen LogP contribution in [0.25, 0.3) is 0 Å². The molecule has 1 saturated heterocycles. The molecule has 3 N–H and O–H groups in total. The maximum atomic E-state index is 12.1. The molecule has 0 radical (unpaired) electrons. The number of nitrogens with one attached hydrogen (secondary N) is 1. The summed E-state index contributed by atoms with van der Waals surface area (Å²) < 4.78 is 0. The fraction of sp³-hybridized carbons (Fsp3) is 0.417. The van der Waals surface area contributed by atoms with Crippen molar-refractivity contribution in [3.8, 4) is 0 Å². The summed E-state index contributed by atoms with van der Waals surface area (Å²) in [6.07, 6.45) is 1.88.